The number of hydrogen-bond donors (Lipinski definition) is 2. The molecular formula is C14H13N5O2. The Balaban J connectivity index is 2.67. The van der Waals surface area contributed by atoms with Crippen molar-refractivity contribution in [2.45, 2.75) is 0 Å². The second kappa shape index (κ2) is 5.88. The molecule has 0 spiro atoms. The molecule has 0 atom stereocenters. The number of para-hydroxylation sites is 1. The standard InChI is InChI=1S/C14H13N5O2/c15-5-9-6-18-11-4-2-1-3-10(11)14(9)19(7-12(16)20)8-13(17)21/h1-4,6H,7-8H2,(H2,16,20)(H2,17,21). The number of primary amides is 2. The second-order valence-corrected chi connectivity index (χ2v) is 4.44. The first-order valence-corrected chi connectivity index (χ1v) is 6.12. The summed E-state index contributed by atoms with van der Waals surface area (Å²) in [5, 5.41) is 9.90. The maximum Gasteiger partial charge on any atom is 0.236 e. The van der Waals surface area contributed by atoms with Crippen LogP contribution in [0.15, 0.2) is 30.5 Å². The maximum absolute atomic E-state index is 11.2. The number of nitriles is 1. The number of fused-ring (bicyclic) bond motifs is 1. The van der Waals surface area contributed by atoms with Crippen LogP contribution in [0.4, 0.5) is 5.69 Å². The first kappa shape index (κ1) is 14.3. The van der Waals surface area contributed by atoms with Crippen LogP contribution in [-0.2, 0) is 9.59 Å². The molecule has 0 fully saturated rings. The number of aromatic nitrogens is 1. The van der Waals surface area contributed by atoms with Gasteiger partial charge in [-0.05, 0) is 6.07 Å². The molecule has 106 valence electrons. The van der Waals surface area contributed by atoms with Gasteiger partial charge in [0.25, 0.3) is 0 Å². The molecule has 0 saturated heterocycles. The van der Waals surface area contributed by atoms with Gasteiger partial charge in [-0.1, -0.05) is 18.2 Å². The van der Waals surface area contributed by atoms with Crippen molar-refractivity contribution in [1.29, 1.82) is 5.26 Å². The van der Waals surface area contributed by atoms with Crippen LogP contribution >= 0.6 is 0 Å². The van der Waals surface area contributed by atoms with Crippen molar-refractivity contribution in [2.24, 2.45) is 11.5 Å². The van der Waals surface area contributed by atoms with Crippen molar-refractivity contribution in [3.05, 3.63) is 36.0 Å². The van der Waals surface area contributed by atoms with Gasteiger partial charge in [-0.3, -0.25) is 14.6 Å². The van der Waals surface area contributed by atoms with E-state index in [0.29, 0.717) is 16.6 Å². The van der Waals surface area contributed by atoms with E-state index in [4.69, 9.17) is 11.5 Å². The Hall–Kier alpha value is -3.14. The van der Waals surface area contributed by atoms with Gasteiger partial charge in [-0.15, -0.1) is 0 Å². The van der Waals surface area contributed by atoms with Gasteiger partial charge in [0.2, 0.25) is 11.8 Å². The quantitative estimate of drug-likeness (QED) is 0.791. The number of rotatable bonds is 5. The highest BCUT2D eigenvalue weighted by Crippen LogP contribution is 2.28. The van der Waals surface area contributed by atoms with E-state index < -0.39 is 11.8 Å². The van der Waals surface area contributed by atoms with E-state index in [1.54, 1.807) is 24.3 Å². The zero-order valence-corrected chi connectivity index (χ0v) is 11.1. The highest BCUT2D eigenvalue weighted by Gasteiger charge is 2.19. The van der Waals surface area contributed by atoms with Crippen molar-refractivity contribution < 1.29 is 9.59 Å². The predicted octanol–water partition coefficient (Wildman–Crippen LogP) is -0.117. The minimum atomic E-state index is -0.624. The van der Waals surface area contributed by atoms with E-state index in [-0.39, 0.29) is 18.7 Å². The molecule has 1 aromatic heterocycles. The lowest BCUT2D eigenvalue weighted by Crippen LogP contribution is -2.40. The Labute approximate surface area is 120 Å². The first-order valence-electron chi connectivity index (χ1n) is 6.12. The van der Waals surface area contributed by atoms with E-state index in [1.807, 2.05) is 6.07 Å². The molecule has 0 aliphatic carbocycles. The van der Waals surface area contributed by atoms with Crippen LogP contribution in [0, 0.1) is 11.3 Å². The van der Waals surface area contributed by atoms with Crippen molar-refractivity contribution >= 4 is 28.4 Å². The summed E-state index contributed by atoms with van der Waals surface area (Å²) in [7, 11) is 0. The van der Waals surface area contributed by atoms with Gasteiger partial charge < -0.3 is 16.4 Å². The van der Waals surface area contributed by atoms with Crippen LogP contribution in [-0.4, -0.2) is 29.9 Å². The second-order valence-electron chi connectivity index (χ2n) is 4.44. The lowest BCUT2D eigenvalue weighted by molar-refractivity contribution is -0.117. The number of nitrogens with two attached hydrogens (primary N) is 2. The molecule has 4 N–H and O–H groups in total. The minimum absolute atomic E-state index is 0.217. The zero-order valence-electron chi connectivity index (χ0n) is 11.1. The minimum Gasteiger partial charge on any atom is -0.368 e. The SMILES string of the molecule is N#Cc1cnc2ccccc2c1N(CC(N)=O)CC(N)=O. The summed E-state index contributed by atoms with van der Waals surface area (Å²) in [6.07, 6.45) is 1.40. The van der Waals surface area contributed by atoms with Crippen molar-refractivity contribution in [3.63, 3.8) is 0 Å². The number of pyridine rings is 1. The largest absolute Gasteiger partial charge is 0.368 e. The van der Waals surface area contributed by atoms with Gasteiger partial charge in [-0.2, -0.15) is 5.26 Å². The molecule has 7 heteroatoms. The summed E-state index contributed by atoms with van der Waals surface area (Å²) in [5.74, 6) is -1.25. The maximum atomic E-state index is 11.2. The Bertz CT molecular complexity index is 735. The molecule has 1 heterocycles. The summed E-state index contributed by atoms with van der Waals surface area (Å²) in [6, 6.07) is 9.12. The highest BCUT2D eigenvalue weighted by atomic mass is 16.2. The molecule has 0 aliphatic rings. The first-order chi connectivity index (χ1) is 10.0. The fraction of sp³-hybridized carbons (Fsp3) is 0.143. The normalized spacial score (nSPS) is 10.0. The number of amides is 2. The molecule has 2 rings (SSSR count). The van der Waals surface area contributed by atoms with Gasteiger partial charge in [0.05, 0.1) is 29.9 Å². The summed E-state index contributed by atoms with van der Waals surface area (Å²) in [5.41, 5.74) is 11.7. The average Bonchev–Trinajstić information content (AvgIpc) is 2.44. The van der Waals surface area contributed by atoms with E-state index in [2.05, 4.69) is 4.98 Å². The van der Waals surface area contributed by atoms with E-state index in [1.165, 1.54) is 11.1 Å². The van der Waals surface area contributed by atoms with Crippen LogP contribution in [0.25, 0.3) is 10.9 Å². The summed E-state index contributed by atoms with van der Waals surface area (Å²) in [4.78, 5) is 28.0. The third kappa shape index (κ3) is 3.06. The van der Waals surface area contributed by atoms with Crippen LogP contribution in [0.5, 0.6) is 0 Å². The van der Waals surface area contributed by atoms with E-state index in [0.717, 1.165) is 0 Å². The highest BCUT2D eigenvalue weighted by molar-refractivity contribution is 5.97. The van der Waals surface area contributed by atoms with Crippen LogP contribution in [0.1, 0.15) is 5.56 Å². The van der Waals surface area contributed by atoms with Gasteiger partial charge >= 0.3 is 0 Å². The monoisotopic (exact) mass is 283 g/mol. The lowest BCUT2D eigenvalue weighted by Gasteiger charge is -2.24. The molecule has 21 heavy (non-hydrogen) atoms. The average molecular weight is 283 g/mol. The number of carbonyl (C=O) groups is 2. The van der Waals surface area contributed by atoms with Crippen LogP contribution in [0.3, 0.4) is 0 Å². The van der Waals surface area contributed by atoms with Crippen molar-refractivity contribution in [3.8, 4) is 6.07 Å². The molecular weight excluding hydrogens is 270 g/mol. The number of nitrogens with zero attached hydrogens (tertiary/aromatic N) is 3. The van der Waals surface area contributed by atoms with Gasteiger partial charge in [0, 0.05) is 11.6 Å². The Morgan fingerprint density at radius 1 is 1.19 bits per heavy atom. The lowest BCUT2D eigenvalue weighted by atomic mass is 10.1. The topological polar surface area (TPSA) is 126 Å². The summed E-state index contributed by atoms with van der Waals surface area (Å²) in [6.45, 7) is -0.433. The zero-order chi connectivity index (χ0) is 15.4. The molecule has 1 aromatic carbocycles. The Morgan fingerprint density at radius 3 is 2.38 bits per heavy atom. The fourth-order valence-corrected chi connectivity index (χ4v) is 2.14. The smallest absolute Gasteiger partial charge is 0.236 e. The molecule has 7 nitrogen and oxygen atoms in total. The van der Waals surface area contributed by atoms with E-state index in [9.17, 15) is 14.9 Å². The van der Waals surface area contributed by atoms with Crippen LogP contribution in [0.2, 0.25) is 0 Å². The van der Waals surface area contributed by atoms with Crippen molar-refractivity contribution in [2.75, 3.05) is 18.0 Å². The Morgan fingerprint density at radius 2 is 1.81 bits per heavy atom. The van der Waals surface area contributed by atoms with Gasteiger partial charge in [0.1, 0.15) is 6.07 Å². The fourth-order valence-electron chi connectivity index (χ4n) is 2.14. The van der Waals surface area contributed by atoms with Crippen LogP contribution < -0.4 is 16.4 Å². The number of benzene rings is 1. The molecule has 0 unspecified atom stereocenters. The molecule has 0 aliphatic heterocycles. The molecule has 0 bridgehead atoms. The molecule has 0 radical (unpaired) electrons. The van der Waals surface area contributed by atoms with Gasteiger partial charge in [-0.25, -0.2) is 0 Å². The third-order valence-electron chi connectivity index (χ3n) is 2.88. The summed E-state index contributed by atoms with van der Waals surface area (Å²) >= 11 is 0. The van der Waals surface area contributed by atoms with Gasteiger partial charge in [0.15, 0.2) is 0 Å². The number of carbonyl (C=O) groups excluding carboxylic acids is 2. The summed E-state index contributed by atoms with van der Waals surface area (Å²) < 4.78 is 0. The Kier molecular flexibility index (Phi) is 4.00. The molecule has 0 saturated carbocycles. The van der Waals surface area contributed by atoms with E-state index >= 15 is 0 Å². The third-order valence-corrected chi connectivity index (χ3v) is 2.88. The molecule has 2 aromatic rings. The molecule has 2 amide bonds. The van der Waals surface area contributed by atoms with Crippen molar-refractivity contribution in [1.82, 2.24) is 4.98 Å². The number of hydrogen-bond acceptors (Lipinski definition) is 5. The number of anilines is 1. The predicted molar refractivity (Wildman–Crippen MR) is 77.1 cm³/mol.